The zero-order valence-electron chi connectivity index (χ0n) is 18.7. The van der Waals surface area contributed by atoms with E-state index in [1.807, 2.05) is 13.8 Å². The number of carbonyl (C=O) groups is 2. The number of hydrogen-bond acceptors (Lipinski definition) is 7. The summed E-state index contributed by atoms with van der Waals surface area (Å²) in [6, 6.07) is 4.11. The molecule has 0 radical (unpaired) electrons. The Hall–Kier alpha value is -2.76. The first-order chi connectivity index (χ1) is 15.6. The van der Waals surface area contributed by atoms with Crippen LogP contribution in [0.5, 0.6) is 0 Å². The lowest BCUT2D eigenvalue weighted by Gasteiger charge is -2.33. The highest BCUT2D eigenvalue weighted by Crippen LogP contribution is 2.32. The van der Waals surface area contributed by atoms with Gasteiger partial charge in [0.1, 0.15) is 11.6 Å². The molecule has 33 heavy (non-hydrogen) atoms. The van der Waals surface area contributed by atoms with Gasteiger partial charge in [-0.3, -0.25) is 9.59 Å². The first-order valence-electron chi connectivity index (χ1n) is 10.6. The number of halogens is 3. The van der Waals surface area contributed by atoms with Crippen LogP contribution < -0.4 is 4.90 Å². The lowest BCUT2D eigenvalue weighted by molar-refractivity contribution is -0.141. The maximum absolute atomic E-state index is 13.3. The molecule has 180 valence electrons. The van der Waals surface area contributed by atoms with Crippen LogP contribution in [0.2, 0.25) is 0 Å². The van der Waals surface area contributed by atoms with Gasteiger partial charge >= 0.3 is 6.18 Å². The number of carbonyl (C=O) groups excluding carboxylic acids is 2. The maximum atomic E-state index is 13.3. The van der Waals surface area contributed by atoms with Gasteiger partial charge in [-0.25, -0.2) is 9.97 Å². The first kappa shape index (κ1) is 24.9. The third-order valence-electron chi connectivity index (χ3n) is 5.30. The lowest BCUT2D eigenvalue weighted by atomic mass is 10.3. The van der Waals surface area contributed by atoms with Gasteiger partial charge in [0.05, 0.1) is 5.75 Å². The fourth-order valence-corrected chi connectivity index (χ4v) is 4.17. The molecule has 2 amide bonds. The molecule has 0 saturated carbocycles. The Bertz CT molecular complexity index is 986. The molecule has 0 aliphatic carbocycles. The number of thioether (sulfide) groups is 1. The largest absolute Gasteiger partial charge is 0.455 e. The SMILES string of the molecule is CCN(CC)c1cc(C(F)(F)F)nc(SCc2ccc(C(=O)N3CCN(C(C)=O)CC3)o2)n1. The van der Waals surface area contributed by atoms with Crippen LogP contribution in [0.1, 0.15) is 42.8 Å². The van der Waals surface area contributed by atoms with Crippen LogP contribution >= 0.6 is 11.8 Å². The van der Waals surface area contributed by atoms with Crippen LogP contribution in [0.25, 0.3) is 0 Å². The summed E-state index contributed by atoms with van der Waals surface area (Å²) in [6.07, 6.45) is -4.59. The molecular formula is C21H26F3N5O3S. The van der Waals surface area contributed by atoms with Crippen molar-refractivity contribution in [2.75, 3.05) is 44.2 Å². The summed E-state index contributed by atoms with van der Waals surface area (Å²) < 4.78 is 45.6. The van der Waals surface area contributed by atoms with Crippen LogP contribution in [-0.4, -0.2) is 70.9 Å². The quantitative estimate of drug-likeness (QED) is 0.438. The van der Waals surface area contributed by atoms with E-state index in [-0.39, 0.29) is 34.3 Å². The minimum absolute atomic E-state index is 0.0173. The fraction of sp³-hybridized carbons (Fsp3) is 0.524. The fourth-order valence-electron chi connectivity index (χ4n) is 3.42. The van der Waals surface area contributed by atoms with Crippen LogP contribution in [0.4, 0.5) is 19.0 Å². The minimum atomic E-state index is -4.59. The van der Waals surface area contributed by atoms with Crippen LogP contribution in [-0.2, 0) is 16.7 Å². The summed E-state index contributed by atoms with van der Waals surface area (Å²) in [5.41, 5.74) is -0.998. The monoisotopic (exact) mass is 485 g/mol. The molecule has 2 aromatic rings. The second-order valence-corrected chi connectivity index (χ2v) is 8.36. The molecule has 0 unspecified atom stereocenters. The number of anilines is 1. The third kappa shape index (κ3) is 6.18. The number of piperazine rings is 1. The first-order valence-corrected chi connectivity index (χ1v) is 11.6. The molecule has 0 N–H and O–H groups in total. The van der Waals surface area contributed by atoms with Gasteiger partial charge in [0.15, 0.2) is 16.6 Å². The van der Waals surface area contributed by atoms with Crippen molar-refractivity contribution in [2.45, 2.75) is 37.9 Å². The number of amides is 2. The highest BCUT2D eigenvalue weighted by molar-refractivity contribution is 7.98. The molecule has 0 spiro atoms. The zero-order chi connectivity index (χ0) is 24.2. The second-order valence-electron chi connectivity index (χ2n) is 7.42. The smallest absolute Gasteiger partial charge is 0.433 e. The van der Waals surface area contributed by atoms with E-state index >= 15 is 0 Å². The Morgan fingerprint density at radius 1 is 1.09 bits per heavy atom. The highest BCUT2D eigenvalue weighted by Gasteiger charge is 2.34. The second kappa shape index (κ2) is 10.4. The van der Waals surface area contributed by atoms with E-state index in [0.717, 1.165) is 17.8 Å². The summed E-state index contributed by atoms with van der Waals surface area (Å²) >= 11 is 1.01. The minimum Gasteiger partial charge on any atom is -0.455 e. The molecular weight excluding hydrogens is 459 g/mol. The van der Waals surface area contributed by atoms with Crippen molar-refractivity contribution in [1.29, 1.82) is 0 Å². The normalized spacial score (nSPS) is 14.5. The molecule has 0 bridgehead atoms. The van der Waals surface area contributed by atoms with Gasteiger partial charge in [0.2, 0.25) is 5.91 Å². The molecule has 3 heterocycles. The van der Waals surface area contributed by atoms with Crippen LogP contribution in [0, 0.1) is 0 Å². The van der Waals surface area contributed by atoms with E-state index in [1.165, 1.54) is 6.92 Å². The molecule has 1 aliphatic heterocycles. The molecule has 2 aromatic heterocycles. The molecule has 1 fully saturated rings. The maximum Gasteiger partial charge on any atom is 0.433 e. The van der Waals surface area contributed by atoms with Crippen LogP contribution in [0.3, 0.4) is 0 Å². The standard InChI is InChI=1S/C21H26F3N5O3S/c1-4-27(5-2)18-12-17(21(22,23)24)25-20(26-18)33-13-15-6-7-16(32-15)19(31)29-10-8-28(9-11-29)14(3)30/h6-7,12H,4-5,8-11,13H2,1-3H3. The van der Waals surface area contributed by atoms with E-state index in [4.69, 9.17) is 4.42 Å². The van der Waals surface area contributed by atoms with Crippen LogP contribution in [0.15, 0.2) is 27.8 Å². The van der Waals surface area contributed by atoms with Crippen molar-refractivity contribution in [3.05, 3.63) is 35.4 Å². The summed E-state index contributed by atoms with van der Waals surface area (Å²) in [5, 5.41) is -0.0173. The van der Waals surface area contributed by atoms with E-state index < -0.39 is 11.9 Å². The topological polar surface area (TPSA) is 82.8 Å². The average molecular weight is 486 g/mol. The zero-order valence-corrected chi connectivity index (χ0v) is 19.5. The number of nitrogens with zero attached hydrogens (tertiary/aromatic N) is 5. The van der Waals surface area contributed by atoms with Gasteiger partial charge in [-0.1, -0.05) is 11.8 Å². The summed E-state index contributed by atoms with van der Waals surface area (Å²) in [7, 11) is 0. The van der Waals surface area contributed by atoms with Crippen molar-refractivity contribution >= 4 is 29.4 Å². The van der Waals surface area contributed by atoms with Crippen molar-refractivity contribution in [1.82, 2.24) is 19.8 Å². The van der Waals surface area contributed by atoms with Crippen molar-refractivity contribution in [2.24, 2.45) is 0 Å². The van der Waals surface area contributed by atoms with Crippen molar-refractivity contribution < 1.29 is 27.2 Å². The number of rotatable bonds is 7. The van der Waals surface area contributed by atoms with E-state index in [1.54, 1.807) is 26.8 Å². The van der Waals surface area contributed by atoms with Crippen molar-refractivity contribution in [3.63, 3.8) is 0 Å². The van der Waals surface area contributed by atoms with Crippen molar-refractivity contribution in [3.8, 4) is 0 Å². The van der Waals surface area contributed by atoms with E-state index in [2.05, 4.69) is 9.97 Å². The van der Waals surface area contributed by atoms with Gasteiger partial charge in [-0.05, 0) is 26.0 Å². The number of alkyl halides is 3. The summed E-state index contributed by atoms with van der Waals surface area (Å²) in [4.78, 5) is 37.0. The molecule has 1 aliphatic rings. The third-order valence-corrected chi connectivity index (χ3v) is 6.17. The number of aromatic nitrogens is 2. The van der Waals surface area contributed by atoms with Gasteiger partial charge in [-0.15, -0.1) is 0 Å². The van der Waals surface area contributed by atoms with E-state index in [9.17, 15) is 22.8 Å². The molecule has 0 atom stereocenters. The van der Waals surface area contributed by atoms with Gasteiger partial charge in [-0.2, -0.15) is 13.2 Å². The lowest BCUT2D eigenvalue weighted by Crippen LogP contribution is -2.50. The Labute approximate surface area is 194 Å². The van der Waals surface area contributed by atoms with Gasteiger partial charge in [0.25, 0.3) is 5.91 Å². The summed E-state index contributed by atoms with van der Waals surface area (Å²) in [6.45, 7) is 7.95. The predicted molar refractivity (Wildman–Crippen MR) is 117 cm³/mol. The molecule has 8 nitrogen and oxygen atoms in total. The predicted octanol–water partition coefficient (Wildman–Crippen LogP) is 3.53. The van der Waals surface area contributed by atoms with Gasteiger partial charge in [0, 0.05) is 52.3 Å². The number of furan rings is 1. The highest BCUT2D eigenvalue weighted by atomic mass is 32.2. The Kier molecular flexibility index (Phi) is 7.88. The molecule has 12 heteroatoms. The Balaban J connectivity index is 1.68. The Morgan fingerprint density at radius 3 is 2.30 bits per heavy atom. The van der Waals surface area contributed by atoms with Gasteiger partial charge < -0.3 is 19.1 Å². The average Bonchev–Trinajstić information content (AvgIpc) is 3.26. The molecule has 3 rings (SSSR count). The number of hydrogen-bond donors (Lipinski definition) is 0. The molecule has 1 saturated heterocycles. The summed E-state index contributed by atoms with van der Waals surface area (Å²) in [5.74, 6) is 0.648. The molecule has 0 aromatic carbocycles. The van der Waals surface area contributed by atoms with E-state index in [0.29, 0.717) is 45.0 Å². The Morgan fingerprint density at radius 2 is 1.73 bits per heavy atom.